The topological polar surface area (TPSA) is 64.6 Å². The van der Waals surface area contributed by atoms with Gasteiger partial charge in [0, 0.05) is 30.1 Å². The van der Waals surface area contributed by atoms with Gasteiger partial charge in [-0.05, 0) is 30.7 Å². The molecule has 30 heavy (non-hydrogen) atoms. The molecule has 5 rings (SSSR count). The fourth-order valence-corrected chi connectivity index (χ4v) is 4.29. The van der Waals surface area contributed by atoms with Crippen LogP contribution in [0.5, 0.6) is 11.5 Å². The van der Waals surface area contributed by atoms with Crippen LogP contribution in [-0.4, -0.2) is 29.1 Å². The van der Waals surface area contributed by atoms with Crippen molar-refractivity contribution in [1.29, 1.82) is 0 Å². The lowest BCUT2D eigenvalue weighted by molar-refractivity contribution is 0.0985. The van der Waals surface area contributed by atoms with Crippen LogP contribution in [0.15, 0.2) is 60.9 Å². The van der Waals surface area contributed by atoms with Gasteiger partial charge in [-0.1, -0.05) is 35.1 Å². The van der Waals surface area contributed by atoms with Gasteiger partial charge in [-0.25, -0.2) is 4.98 Å². The second kappa shape index (κ2) is 7.76. The standard InChI is InChI=1S/C23H19N3O3S/c1-15-4-6-17(7-5-15)22(27)26(14-16-3-2-8-24-13-16)23-25-18-11-19-20(12-21(18)30-23)29-10-9-28-19/h2-8,11-13H,9-10,14H2,1H3. The number of anilines is 1. The van der Waals surface area contributed by atoms with Crippen LogP contribution in [0, 0.1) is 6.92 Å². The number of rotatable bonds is 4. The first kappa shape index (κ1) is 18.6. The normalized spacial score (nSPS) is 12.7. The minimum Gasteiger partial charge on any atom is -0.486 e. The zero-order chi connectivity index (χ0) is 20.5. The van der Waals surface area contributed by atoms with Gasteiger partial charge in [0.1, 0.15) is 13.2 Å². The fourth-order valence-electron chi connectivity index (χ4n) is 3.32. The van der Waals surface area contributed by atoms with Gasteiger partial charge in [0.15, 0.2) is 16.6 Å². The van der Waals surface area contributed by atoms with Gasteiger partial charge >= 0.3 is 0 Å². The van der Waals surface area contributed by atoms with E-state index < -0.39 is 0 Å². The van der Waals surface area contributed by atoms with E-state index in [1.807, 2.05) is 55.5 Å². The number of benzene rings is 2. The van der Waals surface area contributed by atoms with E-state index in [9.17, 15) is 4.79 Å². The third-order valence-electron chi connectivity index (χ3n) is 4.88. The van der Waals surface area contributed by atoms with E-state index in [1.165, 1.54) is 11.3 Å². The summed E-state index contributed by atoms with van der Waals surface area (Å²) in [4.78, 5) is 24.0. The summed E-state index contributed by atoms with van der Waals surface area (Å²) in [6.45, 7) is 3.44. The molecule has 1 aliphatic heterocycles. The molecule has 6 nitrogen and oxygen atoms in total. The van der Waals surface area contributed by atoms with Gasteiger partial charge in [0.05, 0.1) is 16.8 Å². The van der Waals surface area contributed by atoms with E-state index in [1.54, 1.807) is 17.3 Å². The number of pyridine rings is 1. The van der Waals surface area contributed by atoms with Gasteiger partial charge in [0.25, 0.3) is 5.91 Å². The first-order chi connectivity index (χ1) is 14.7. The number of aromatic nitrogens is 2. The van der Waals surface area contributed by atoms with Crippen molar-refractivity contribution in [2.75, 3.05) is 18.1 Å². The fraction of sp³-hybridized carbons (Fsp3) is 0.174. The highest BCUT2D eigenvalue weighted by molar-refractivity contribution is 7.22. The second-order valence-electron chi connectivity index (χ2n) is 7.08. The Labute approximate surface area is 177 Å². The molecular formula is C23H19N3O3S. The highest BCUT2D eigenvalue weighted by atomic mass is 32.1. The number of hydrogen-bond acceptors (Lipinski definition) is 6. The molecule has 1 amide bonds. The predicted molar refractivity (Wildman–Crippen MR) is 117 cm³/mol. The summed E-state index contributed by atoms with van der Waals surface area (Å²) >= 11 is 1.46. The monoisotopic (exact) mass is 417 g/mol. The molecule has 0 saturated carbocycles. The molecule has 2 aromatic carbocycles. The lowest BCUT2D eigenvalue weighted by atomic mass is 10.1. The molecule has 0 unspecified atom stereocenters. The number of amides is 1. The van der Waals surface area contributed by atoms with Crippen molar-refractivity contribution >= 4 is 32.6 Å². The number of aryl methyl sites for hydroxylation is 1. The predicted octanol–water partition coefficient (Wildman–Crippen LogP) is 4.62. The Morgan fingerprint density at radius 2 is 1.87 bits per heavy atom. The van der Waals surface area contributed by atoms with Crippen LogP contribution < -0.4 is 14.4 Å². The van der Waals surface area contributed by atoms with Crippen molar-refractivity contribution < 1.29 is 14.3 Å². The number of hydrogen-bond donors (Lipinski definition) is 0. The summed E-state index contributed by atoms with van der Waals surface area (Å²) in [7, 11) is 0. The largest absolute Gasteiger partial charge is 0.486 e. The molecule has 0 spiro atoms. The van der Waals surface area contributed by atoms with Crippen molar-refractivity contribution in [3.8, 4) is 11.5 Å². The Kier molecular flexibility index (Phi) is 4.80. The highest BCUT2D eigenvalue weighted by Crippen LogP contribution is 2.39. The van der Waals surface area contributed by atoms with E-state index in [0.29, 0.717) is 42.0 Å². The van der Waals surface area contributed by atoms with Crippen molar-refractivity contribution in [1.82, 2.24) is 9.97 Å². The zero-order valence-electron chi connectivity index (χ0n) is 16.4. The van der Waals surface area contributed by atoms with Crippen molar-refractivity contribution in [2.24, 2.45) is 0 Å². The summed E-state index contributed by atoms with van der Waals surface area (Å²) < 4.78 is 12.3. The number of ether oxygens (including phenoxy) is 2. The van der Waals surface area contributed by atoms with E-state index in [0.717, 1.165) is 21.3 Å². The van der Waals surface area contributed by atoms with Crippen molar-refractivity contribution in [3.63, 3.8) is 0 Å². The van der Waals surface area contributed by atoms with Crippen molar-refractivity contribution in [2.45, 2.75) is 13.5 Å². The van der Waals surface area contributed by atoms with E-state index in [4.69, 9.17) is 14.5 Å². The molecular weight excluding hydrogens is 398 g/mol. The molecule has 1 aliphatic rings. The van der Waals surface area contributed by atoms with Gasteiger partial charge in [0.2, 0.25) is 0 Å². The number of nitrogens with zero attached hydrogens (tertiary/aromatic N) is 3. The quantitative estimate of drug-likeness (QED) is 0.485. The minimum atomic E-state index is -0.102. The maximum Gasteiger partial charge on any atom is 0.260 e. The Hall–Kier alpha value is -3.45. The maximum atomic E-state index is 13.4. The zero-order valence-corrected chi connectivity index (χ0v) is 17.2. The smallest absolute Gasteiger partial charge is 0.260 e. The van der Waals surface area contributed by atoms with Gasteiger partial charge in [-0.3, -0.25) is 14.7 Å². The lowest BCUT2D eigenvalue weighted by Gasteiger charge is -2.20. The number of thiazole rings is 1. The Balaban J connectivity index is 1.56. The summed E-state index contributed by atoms with van der Waals surface area (Å²) in [5, 5.41) is 0.627. The molecule has 150 valence electrons. The molecule has 7 heteroatoms. The first-order valence-corrected chi connectivity index (χ1v) is 10.5. The van der Waals surface area contributed by atoms with Crippen LogP contribution in [0.1, 0.15) is 21.5 Å². The van der Waals surface area contributed by atoms with Gasteiger partial charge in [-0.2, -0.15) is 0 Å². The summed E-state index contributed by atoms with van der Waals surface area (Å²) in [6, 6.07) is 15.2. The molecule has 4 aromatic rings. The molecule has 3 heterocycles. The number of carbonyl (C=O) groups excluding carboxylic acids is 1. The Morgan fingerprint density at radius 3 is 2.60 bits per heavy atom. The molecule has 0 bridgehead atoms. The molecule has 0 fully saturated rings. The average Bonchev–Trinajstić information content (AvgIpc) is 3.19. The van der Waals surface area contributed by atoms with Gasteiger partial charge < -0.3 is 9.47 Å². The van der Waals surface area contributed by atoms with Gasteiger partial charge in [-0.15, -0.1) is 0 Å². The second-order valence-corrected chi connectivity index (χ2v) is 8.09. The van der Waals surface area contributed by atoms with Crippen LogP contribution in [-0.2, 0) is 6.54 Å². The average molecular weight is 417 g/mol. The molecule has 0 aliphatic carbocycles. The van der Waals surface area contributed by atoms with E-state index >= 15 is 0 Å². The summed E-state index contributed by atoms with van der Waals surface area (Å²) in [5.74, 6) is 1.30. The third-order valence-corrected chi connectivity index (χ3v) is 5.92. The minimum absolute atomic E-state index is 0.102. The van der Waals surface area contributed by atoms with Crippen LogP contribution >= 0.6 is 11.3 Å². The summed E-state index contributed by atoms with van der Waals surface area (Å²) in [5.41, 5.74) is 3.45. The molecule has 0 N–H and O–H groups in total. The third kappa shape index (κ3) is 3.59. The van der Waals surface area contributed by atoms with Crippen LogP contribution in [0.4, 0.5) is 5.13 Å². The number of fused-ring (bicyclic) bond motifs is 2. The number of carbonyl (C=O) groups is 1. The first-order valence-electron chi connectivity index (χ1n) is 9.65. The Morgan fingerprint density at radius 1 is 1.10 bits per heavy atom. The van der Waals surface area contributed by atoms with E-state index in [2.05, 4.69) is 4.98 Å². The molecule has 2 aromatic heterocycles. The molecule has 0 radical (unpaired) electrons. The van der Waals surface area contributed by atoms with Crippen LogP contribution in [0.2, 0.25) is 0 Å². The van der Waals surface area contributed by atoms with Crippen molar-refractivity contribution in [3.05, 3.63) is 77.6 Å². The maximum absolute atomic E-state index is 13.4. The lowest BCUT2D eigenvalue weighted by Crippen LogP contribution is -2.30. The molecule has 0 saturated heterocycles. The van der Waals surface area contributed by atoms with E-state index in [-0.39, 0.29) is 5.91 Å². The highest BCUT2D eigenvalue weighted by Gasteiger charge is 2.23. The molecule has 0 atom stereocenters. The summed E-state index contributed by atoms with van der Waals surface area (Å²) in [6.07, 6.45) is 3.49. The Bertz CT molecular complexity index is 1160. The SMILES string of the molecule is Cc1ccc(C(=O)N(Cc2cccnc2)c2nc3cc4c(cc3s2)OCCO4)cc1. The van der Waals surface area contributed by atoms with Crippen LogP contribution in [0.25, 0.3) is 10.2 Å². The van der Waals surface area contributed by atoms with Crippen LogP contribution in [0.3, 0.4) is 0 Å².